The third-order valence-electron chi connectivity index (χ3n) is 1.69. The van der Waals surface area contributed by atoms with Crippen LogP contribution in [0.4, 0.5) is 0 Å². The van der Waals surface area contributed by atoms with Gasteiger partial charge in [-0.1, -0.05) is 0 Å². The second-order valence-corrected chi connectivity index (χ2v) is 6.80. The first kappa shape index (κ1) is 12.2. The number of rotatable bonds is 7. The van der Waals surface area contributed by atoms with Gasteiger partial charge in [-0.3, -0.25) is 0 Å². The summed E-state index contributed by atoms with van der Waals surface area (Å²) in [5.41, 5.74) is 0. The van der Waals surface area contributed by atoms with Crippen molar-refractivity contribution in [3.05, 3.63) is 10.3 Å². The van der Waals surface area contributed by atoms with E-state index in [4.69, 9.17) is 0 Å². The van der Waals surface area contributed by atoms with E-state index in [-0.39, 0.29) is 0 Å². The maximum absolute atomic E-state index is 4.19. The molecule has 4 heteroatoms. The van der Waals surface area contributed by atoms with Gasteiger partial charge < -0.3 is 0 Å². The molecule has 76 valence electrons. The van der Waals surface area contributed by atoms with Crippen LogP contribution < -0.4 is 0 Å². The topological polar surface area (TPSA) is 0 Å². The van der Waals surface area contributed by atoms with Gasteiger partial charge in [0.05, 0.1) is 0 Å². The second kappa shape index (κ2) is 8.45. The summed E-state index contributed by atoms with van der Waals surface area (Å²) >= 11 is 10.2. The maximum Gasteiger partial charge on any atom is 0.0478 e. The molecule has 0 saturated carbocycles. The number of hydrogen-bond donors (Lipinski definition) is 1. The van der Waals surface area contributed by atoms with Gasteiger partial charge in [0.15, 0.2) is 0 Å². The Morgan fingerprint density at radius 2 is 2.23 bits per heavy atom. The molecule has 0 nitrogen and oxygen atoms in total. The van der Waals surface area contributed by atoms with Crippen LogP contribution in [-0.2, 0) is 0 Å². The van der Waals surface area contributed by atoms with Gasteiger partial charge in [-0.2, -0.15) is 24.4 Å². The van der Waals surface area contributed by atoms with E-state index < -0.39 is 0 Å². The van der Waals surface area contributed by atoms with Gasteiger partial charge in [0, 0.05) is 5.08 Å². The molecule has 1 aliphatic rings. The molecule has 0 amide bonds. The van der Waals surface area contributed by atoms with Crippen molar-refractivity contribution in [1.29, 1.82) is 0 Å². The molecule has 0 aromatic carbocycles. The highest BCUT2D eigenvalue weighted by Gasteiger charge is 2.04. The Morgan fingerprint density at radius 1 is 1.38 bits per heavy atom. The zero-order chi connectivity index (χ0) is 9.36. The molecule has 13 heavy (non-hydrogen) atoms. The lowest BCUT2D eigenvalue weighted by atomic mass is 10.3. The SMILES string of the molecule is SCCCSCCCC1=CSCS1. The standard InChI is InChI=1S/C9H16S4/c10-4-2-6-11-5-1-3-9-7-12-8-13-9/h7,10H,1-6,8H2. The van der Waals surface area contributed by atoms with Gasteiger partial charge in [0.1, 0.15) is 0 Å². The van der Waals surface area contributed by atoms with E-state index in [1.54, 1.807) is 4.91 Å². The van der Waals surface area contributed by atoms with Crippen LogP contribution in [0.5, 0.6) is 0 Å². The smallest absolute Gasteiger partial charge is 0.0478 e. The number of hydrogen-bond acceptors (Lipinski definition) is 4. The van der Waals surface area contributed by atoms with Crippen molar-refractivity contribution in [2.24, 2.45) is 0 Å². The summed E-state index contributed by atoms with van der Waals surface area (Å²) in [6.07, 6.45) is 3.89. The predicted octanol–water partition coefficient (Wildman–Crippen LogP) is 4.10. The predicted molar refractivity (Wildman–Crippen MR) is 73.2 cm³/mol. The zero-order valence-corrected chi connectivity index (χ0v) is 11.0. The molecule has 0 aromatic heterocycles. The monoisotopic (exact) mass is 252 g/mol. The Balaban J connectivity index is 1.83. The van der Waals surface area contributed by atoms with Crippen molar-refractivity contribution in [2.75, 3.05) is 22.3 Å². The van der Waals surface area contributed by atoms with E-state index in [1.165, 1.54) is 35.9 Å². The van der Waals surface area contributed by atoms with Gasteiger partial charge in [0.2, 0.25) is 0 Å². The summed E-state index contributed by atoms with van der Waals surface area (Å²) in [5.74, 6) is 3.63. The molecule has 0 N–H and O–H groups in total. The first-order valence-corrected chi connectivity index (χ1v) is 8.37. The highest BCUT2D eigenvalue weighted by molar-refractivity contribution is 8.22. The quantitative estimate of drug-likeness (QED) is 0.535. The van der Waals surface area contributed by atoms with E-state index in [1.807, 2.05) is 23.5 Å². The van der Waals surface area contributed by atoms with Crippen molar-refractivity contribution in [1.82, 2.24) is 0 Å². The average molecular weight is 252 g/mol. The summed E-state index contributed by atoms with van der Waals surface area (Å²) < 4.78 is 0. The molecule has 0 bridgehead atoms. The number of allylic oxidation sites excluding steroid dienone is 1. The second-order valence-electron chi connectivity index (χ2n) is 2.81. The molecule has 0 saturated heterocycles. The summed E-state index contributed by atoms with van der Waals surface area (Å²) in [6, 6.07) is 0. The molecule has 0 radical (unpaired) electrons. The van der Waals surface area contributed by atoms with Gasteiger partial charge in [-0.05, 0) is 46.8 Å². The van der Waals surface area contributed by atoms with Crippen molar-refractivity contribution in [3.8, 4) is 0 Å². The molecule has 0 fully saturated rings. The van der Waals surface area contributed by atoms with Crippen molar-refractivity contribution in [2.45, 2.75) is 19.3 Å². The first-order valence-electron chi connectivity index (χ1n) is 4.55. The molecule has 0 aromatic rings. The Bertz CT molecular complexity index is 156. The molecule has 0 aliphatic carbocycles. The number of thiol groups is 1. The lowest BCUT2D eigenvalue weighted by Gasteiger charge is -2.00. The van der Waals surface area contributed by atoms with Crippen LogP contribution in [-0.4, -0.2) is 22.3 Å². The van der Waals surface area contributed by atoms with Crippen LogP contribution in [0.15, 0.2) is 10.3 Å². The lowest BCUT2D eigenvalue weighted by molar-refractivity contribution is 0.960. The van der Waals surface area contributed by atoms with Gasteiger partial charge in [-0.15, -0.1) is 23.5 Å². The van der Waals surface area contributed by atoms with Crippen LogP contribution in [0.1, 0.15) is 19.3 Å². The fourth-order valence-corrected chi connectivity index (χ4v) is 4.51. The van der Waals surface area contributed by atoms with Crippen LogP contribution in [0, 0.1) is 0 Å². The highest BCUT2D eigenvalue weighted by Crippen LogP contribution is 2.34. The van der Waals surface area contributed by atoms with Crippen molar-refractivity contribution in [3.63, 3.8) is 0 Å². The Kier molecular flexibility index (Phi) is 7.94. The molecular formula is C9H16S4. The van der Waals surface area contributed by atoms with Crippen LogP contribution >= 0.6 is 47.9 Å². The molecule has 0 spiro atoms. The molecule has 0 unspecified atom stereocenters. The van der Waals surface area contributed by atoms with Crippen molar-refractivity contribution >= 4 is 47.9 Å². The van der Waals surface area contributed by atoms with Crippen LogP contribution in [0.25, 0.3) is 0 Å². The van der Waals surface area contributed by atoms with Gasteiger partial charge in [-0.25, -0.2) is 0 Å². The van der Waals surface area contributed by atoms with Gasteiger partial charge in [0.25, 0.3) is 0 Å². The minimum absolute atomic E-state index is 1.03. The Morgan fingerprint density at radius 3 is 2.92 bits per heavy atom. The fourth-order valence-electron chi connectivity index (χ4n) is 1.02. The van der Waals surface area contributed by atoms with E-state index >= 15 is 0 Å². The van der Waals surface area contributed by atoms with E-state index in [2.05, 4.69) is 29.8 Å². The van der Waals surface area contributed by atoms with Crippen LogP contribution in [0.3, 0.4) is 0 Å². The third kappa shape index (κ3) is 6.26. The van der Waals surface area contributed by atoms with Crippen LogP contribution in [0.2, 0.25) is 0 Å². The summed E-state index contributed by atoms with van der Waals surface area (Å²) in [7, 11) is 0. The summed E-state index contributed by atoms with van der Waals surface area (Å²) in [4.78, 5) is 1.60. The first-order chi connectivity index (χ1) is 6.43. The van der Waals surface area contributed by atoms with Crippen molar-refractivity contribution < 1.29 is 0 Å². The third-order valence-corrected chi connectivity index (χ3v) is 5.47. The van der Waals surface area contributed by atoms with E-state index in [9.17, 15) is 0 Å². The molecule has 0 atom stereocenters. The lowest BCUT2D eigenvalue weighted by Crippen LogP contribution is -1.85. The Hall–Kier alpha value is 1.14. The minimum Gasteiger partial charge on any atom is -0.179 e. The molecule has 1 rings (SSSR count). The van der Waals surface area contributed by atoms with E-state index in [0.717, 1.165) is 5.75 Å². The molecular weight excluding hydrogens is 236 g/mol. The normalized spacial score (nSPS) is 16.2. The average Bonchev–Trinajstić information content (AvgIpc) is 2.63. The summed E-state index contributed by atoms with van der Waals surface area (Å²) in [6.45, 7) is 0. The Labute approximate surface area is 99.5 Å². The van der Waals surface area contributed by atoms with Gasteiger partial charge >= 0.3 is 0 Å². The molecule has 1 aliphatic heterocycles. The fraction of sp³-hybridized carbons (Fsp3) is 0.778. The van der Waals surface area contributed by atoms with E-state index in [0.29, 0.717) is 0 Å². The summed E-state index contributed by atoms with van der Waals surface area (Å²) in [5, 5.41) is 3.56. The number of thioether (sulfide) groups is 3. The largest absolute Gasteiger partial charge is 0.179 e. The minimum atomic E-state index is 1.03. The highest BCUT2D eigenvalue weighted by atomic mass is 32.2. The molecule has 1 heterocycles. The zero-order valence-electron chi connectivity index (χ0n) is 7.70. The maximum atomic E-state index is 4.19.